The minimum Gasteiger partial charge on any atom is -0.491 e. The molecule has 0 saturated heterocycles. The maximum Gasteiger partial charge on any atom is 0.335 e. The fraction of sp³-hybridized carbons (Fsp3) is 0.533. The third-order valence-corrected chi connectivity index (χ3v) is 2.93. The Labute approximate surface area is 113 Å². The second-order valence-corrected chi connectivity index (χ2v) is 4.57. The molecule has 1 aromatic carbocycles. The van der Waals surface area contributed by atoms with Crippen molar-refractivity contribution in [1.29, 1.82) is 0 Å². The number of hydrogen-bond acceptors (Lipinski definition) is 2. The molecule has 0 unspecified atom stereocenters. The van der Waals surface area contributed by atoms with E-state index in [9.17, 15) is 9.18 Å². The molecule has 4 heteroatoms. The molecule has 1 aromatic rings. The van der Waals surface area contributed by atoms with E-state index in [2.05, 4.69) is 6.92 Å². The lowest BCUT2D eigenvalue weighted by atomic mass is 10.1. The number of unbranched alkanes of at least 4 members (excludes halogenated alkanes) is 5. The van der Waals surface area contributed by atoms with Crippen LogP contribution in [0.2, 0.25) is 0 Å². The van der Waals surface area contributed by atoms with Gasteiger partial charge in [0.1, 0.15) is 0 Å². The Bertz CT molecular complexity index is 404. The summed E-state index contributed by atoms with van der Waals surface area (Å²) in [6, 6.07) is 3.71. The first-order valence-corrected chi connectivity index (χ1v) is 6.80. The molecule has 106 valence electrons. The predicted molar refractivity (Wildman–Crippen MR) is 72.2 cm³/mol. The Morgan fingerprint density at radius 2 is 1.89 bits per heavy atom. The van der Waals surface area contributed by atoms with E-state index in [4.69, 9.17) is 9.84 Å². The zero-order valence-electron chi connectivity index (χ0n) is 11.3. The Hall–Kier alpha value is -1.58. The Balaban J connectivity index is 2.28. The zero-order valence-corrected chi connectivity index (χ0v) is 11.3. The molecule has 0 saturated carbocycles. The molecule has 3 nitrogen and oxygen atoms in total. The van der Waals surface area contributed by atoms with Gasteiger partial charge in [-0.2, -0.15) is 0 Å². The number of ether oxygens (including phenoxy) is 1. The van der Waals surface area contributed by atoms with Crippen LogP contribution in [-0.2, 0) is 0 Å². The lowest BCUT2D eigenvalue weighted by molar-refractivity contribution is 0.0696. The van der Waals surface area contributed by atoms with Crippen LogP contribution < -0.4 is 4.74 Å². The summed E-state index contributed by atoms with van der Waals surface area (Å²) in [5, 5.41) is 8.71. The quantitative estimate of drug-likeness (QED) is 0.680. The lowest BCUT2D eigenvalue weighted by Crippen LogP contribution is -2.02. The van der Waals surface area contributed by atoms with Crippen molar-refractivity contribution in [2.45, 2.75) is 45.4 Å². The van der Waals surface area contributed by atoms with Crippen molar-refractivity contribution in [1.82, 2.24) is 0 Å². The van der Waals surface area contributed by atoms with Crippen LogP contribution in [0.3, 0.4) is 0 Å². The minimum atomic E-state index is -1.14. The van der Waals surface area contributed by atoms with Crippen molar-refractivity contribution in [3.63, 3.8) is 0 Å². The van der Waals surface area contributed by atoms with Gasteiger partial charge in [-0.15, -0.1) is 0 Å². The van der Waals surface area contributed by atoms with Crippen molar-refractivity contribution < 1.29 is 19.0 Å². The van der Waals surface area contributed by atoms with Crippen molar-refractivity contribution in [3.05, 3.63) is 29.6 Å². The molecule has 1 rings (SSSR count). The second-order valence-electron chi connectivity index (χ2n) is 4.57. The van der Waals surface area contributed by atoms with Crippen molar-refractivity contribution in [2.24, 2.45) is 0 Å². The fourth-order valence-corrected chi connectivity index (χ4v) is 1.82. The maximum absolute atomic E-state index is 13.5. The second kappa shape index (κ2) is 8.51. The molecule has 0 heterocycles. The number of carboxylic acid groups (broad SMARTS) is 1. The van der Waals surface area contributed by atoms with Crippen LogP contribution in [-0.4, -0.2) is 17.7 Å². The Morgan fingerprint density at radius 3 is 2.53 bits per heavy atom. The average molecular weight is 268 g/mol. The summed E-state index contributed by atoms with van der Waals surface area (Å²) in [4.78, 5) is 10.6. The largest absolute Gasteiger partial charge is 0.491 e. The fourth-order valence-electron chi connectivity index (χ4n) is 1.82. The summed E-state index contributed by atoms with van der Waals surface area (Å²) >= 11 is 0. The highest BCUT2D eigenvalue weighted by atomic mass is 19.1. The first kappa shape index (κ1) is 15.5. The first-order chi connectivity index (χ1) is 9.15. The highest BCUT2D eigenvalue weighted by Gasteiger charge is 2.08. The van der Waals surface area contributed by atoms with Crippen LogP contribution in [0.25, 0.3) is 0 Å². The van der Waals surface area contributed by atoms with E-state index in [0.717, 1.165) is 18.9 Å². The Morgan fingerprint density at radius 1 is 1.21 bits per heavy atom. The molecule has 0 spiro atoms. The van der Waals surface area contributed by atoms with E-state index in [1.54, 1.807) is 0 Å². The topological polar surface area (TPSA) is 46.5 Å². The van der Waals surface area contributed by atoms with Gasteiger partial charge in [0.2, 0.25) is 0 Å². The summed E-state index contributed by atoms with van der Waals surface area (Å²) < 4.78 is 18.8. The van der Waals surface area contributed by atoms with Gasteiger partial charge in [-0.3, -0.25) is 0 Å². The number of hydrogen-bond donors (Lipinski definition) is 1. The number of carboxylic acids is 1. The van der Waals surface area contributed by atoms with E-state index in [-0.39, 0.29) is 11.3 Å². The van der Waals surface area contributed by atoms with Crippen molar-refractivity contribution in [2.75, 3.05) is 6.61 Å². The Kier molecular flexibility index (Phi) is 6.93. The van der Waals surface area contributed by atoms with Gasteiger partial charge in [0.05, 0.1) is 12.2 Å². The molecule has 0 bridgehead atoms. The summed E-state index contributed by atoms with van der Waals surface area (Å²) in [5.41, 5.74) is -0.0654. The highest BCUT2D eigenvalue weighted by Crippen LogP contribution is 2.19. The average Bonchev–Trinajstić information content (AvgIpc) is 2.39. The molecule has 0 radical (unpaired) electrons. The van der Waals surface area contributed by atoms with Crippen LogP contribution >= 0.6 is 0 Å². The number of halogens is 1. The number of aromatic carboxylic acids is 1. The van der Waals surface area contributed by atoms with E-state index in [0.29, 0.717) is 6.61 Å². The van der Waals surface area contributed by atoms with Gasteiger partial charge in [0.25, 0.3) is 0 Å². The van der Waals surface area contributed by atoms with Crippen LogP contribution in [0, 0.1) is 5.82 Å². The van der Waals surface area contributed by atoms with Crippen LogP contribution in [0.5, 0.6) is 5.75 Å². The van der Waals surface area contributed by atoms with Crippen molar-refractivity contribution >= 4 is 5.97 Å². The molecule has 0 aromatic heterocycles. The van der Waals surface area contributed by atoms with E-state index >= 15 is 0 Å². The van der Waals surface area contributed by atoms with Gasteiger partial charge >= 0.3 is 5.97 Å². The standard InChI is InChI=1S/C15H21FO3/c1-2-3-4-5-6-7-10-19-14-9-8-12(15(17)18)11-13(14)16/h8-9,11H,2-7,10H2,1H3,(H,17,18). The van der Waals surface area contributed by atoms with E-state index < -0.39 is 11.8 Å². The zero-order chi connectivity index (χ0) is 14.1. The summed E-state index contributed by atoms with van der Waals surface area (Å²) in [6.07, 6.45) is 6.86. The SMILES string of the molecule is CCCCCCCCOc1ccc(C(=O)O)cc1F. The number of carbonyl (C=O) groups is 1. The maximum atomic E-state index is 13.5. The van der Waals surface area contributed by atoms with Crippen LogP contribution in [0.4, 0.5) is 4.39 Å². The molecular formula is C15H21FO3. The van der Waals surface area contributed by atoms with Crippen molar-refractivity contribution in [3.8, 4) is 5.75 Å². The van der Waals surface area contributed by atoms with Gasteiger partial charge in [-0.1, -0.05) is 39.0 Å². The molecule has 1 N–H and O–H groups in total. The van der Waals surface area contributed by atoms with Gasteiger partial charge in [0, 0.05) is 0 Å². The molecule has 0 aliphatic heterocycles. The normalized spacial score (nSPS) is 10.4. The molecular weight excluding hydrogens is 247 g/mol. The van der Waals surface area contributed by atoms with Crippen LogP contribution in [0.1, 0.15) is 55.8 Å². The molecule has 0 aliphatic rings. The molecule has 0 fully saturated rings. The summed E-state index contributed by atoms with van der Waals surface area (Å²) in [5.74, 6) is -1.63. The van der Waals surface area contributed by atoms with Gasteiger partial charge in [0.15, 0.2) is 11.6 Å². The van der Waals surface area contributed by atoms with E-state index in [1.807, 2.05) is 0 Å². The van der Waals surface area contributed by atoms with Gasteiger partial charge in [-0.25, -0.2) is 9.18 Å². The third kappa shape index (κ3) is 5.73. The van der Waals surface area contributed by atoms with Crippen LogP contribution in [0.15, 0.2) is 18.2 Å². The summed E-state index contributed by atoms with van der Waals surface area (Å²) in [7, 11) is 0. The minimum absolute atomic E-state index is 0.0654. The van der Waals surface area contributed by atoms with E-state index in [1.165, 1.54) is 37.8 Å². The van der Waals surface area contributed by atoms with Gasteiger partial charge in [-0.05, 0) is 24.6 Å². The van der Waals surface area contributed by atoms with Gasteiger partial charge < -0.3 is 9.84 Å². The molecule has 0 atom stereocenters. The third-order valence-electron chi connectivity index (χ3n) is 2.93. The molecule has 0 aliphatic carbocycles. The molecule has 19 heavy (non-hydrogen) atoms. The number of benzene rings is 1. The smallest absolute Gasteiger partial charge is 0.335 e. The lowest BCUT2D eigenvalue weighted by Gasteiger charge is -2.07. The number of rotatable bonds is 9. The first-order valence-electron chi connectivity index (χ1n) is 6.80. The monoisotopic (exact) mass is 268 g/mol. The highest BCUT2D eigenvalue weighted by molar-refractivity contribution is 5.87. The molecule has 0 amide bonds. The predicted octanol–water partition coefficient (Wildman–Crippen LogP) is 4.26. The summed E-state index contributed by atoms with van der Waals surface area (Å²) in [6.45, 7) is 2.64.